The summed E-state index contributed by atoms with van der Waals surface area (Å²) in [6.45, 7) is 0. The number of rotatable bonds is 2. The standard InChI is InChI=1S/C16H14F3O2S/c17-16(18,19)15(20)21-13-7-8-14(22-9-3-4-10-22)12-6-2-1-5-11(12)13/h1-2,5-8H,3-4,9-10H2/q+1. The van der Waals surface area contributed by atoms with E-state index in [0.717, 1.165) is 21.8 Å². The Kier molecular flexibility index (Phi) is 4.04. The fourth-order valence-electron chi connectivity index (χ4n) is 2.62. The summed E-state index contributed by atoms with van der Waals surface area (Å²) in [7, 11) is 0.134. The molecule has 3 rings (SSSR count). The third kappa shape index (κ3) is 2.92. The molecule has 0 saturated carbocycles. The zero-order valence-corrected chi connectivity index (χ0v) is 12.5. The maximum absolute atomic E-state index is 12.4. The van der Waals surface area contributed by atoms with Crippen molar-refractivity contribution in [1.82, 2.24) is 0 Å². The first-order valence-electron chi connectivity index (χ1n) is 6.95. The van der Waals surface area contributed by atoms with Gasteiger partial charge in [-0.05, 0) is 31.0 Å². The summed E-state index contributed by atoms with van der Waals surface area (Å²) in [5.74, 6) is 0.00959. The van der Waals surface area contributed by atoms with Crippen molar-refractivity contribution in [3.8, 4) is 5.75 Å². The maximum Gasteiger partial charge on any atom is 0.491 e. The topological polar surface area (TPSA) is 26.3 Å². The molecule has 116 valence electrons. The van der Waals surface area contributed by atoms with Gasteiger partial charge in [0.15, 0.2) is 4.90 Å². The van der Waals surface area contributed by atoms with Gasteiger partial charge in [0, 0.05) is 21.7 Å². The van der Waals surface area contributed by atoms with E-state index >= 15 is 0 Å². The molecule has 0 unspecified atom stereocenters. The molecule has 0 amide bonds. The van der Waals surface area contributed by atoms with E-state index in [1.807, 2.05) is 12.1 Å². The first kappa shape index (κ1) is 15.2. The number of ether oxygens (including phenoxy) is 1. The number of carbonyl (C=O) groups is 1. The second-order valence-electron chi connectivity index (χ2n) is 5.10. The molecule has 1 aliphatic heterocycles. The molecule has 1 saturated heterocycles. The number of alkyl halides is 3. The highest BCUT2D eigenvalue weighted by Crippen LogP contribution is 2.35. The lowest BCUT2D eigenvalue weighted by Gasteiger charge is -2.11. The number of hydrogen-bond acceptors (Lipinski definition) is 2. The second kappa shape index (κ2) is 5.83. The van der Waals surface area contributed by atoms with Crippen LogP contribution < -0.4 is 4.74 Å². The van der Waals surface area contributed by atoms with Gasteiger partial charge in [-0.25, -0.2) is 4.79 Å². The molecule has 2 nitrogen and oxygen atoms in total. The highest BCUT2D eigenvalue weighted by atomic mass is 32.2. The third-order valence-electron chi connectivity index (χ3n) is 3.62. The molecule has 1 aliphatic rings. The van der Waals surface area contributed by atoms with Crippen LogP contribution in [0.4, 0.5) is 13.2 Å². The van der Waals surface area contributed by atoms with Crippen molar-refractivity contribution in [1.29, 1.82) is 0 Å². The number of hydrogen-bond donors (Lipinski definition) is 0. The van der Waals surface area contributed by atoms with Crippen molar-refractivity contribution in [3.05, 3.63) is 36.4 Å². The zero-order chi connectivity index (χ0) is 15.7. The van der Waals surface area contributed by atoms with E-state index < -0.39 is 12.1 Å². The van der Waals surface area contributed by atoms with Gasteiger partial charge in [0.1, 0.15) is 17.3 Å². The van der Waals surface area contributed by atoms with Gasteiger partial charge >= 0.3 is 12.1 Å². The Balaban J connectivity index is 2.03. The summed E-state index contributed by atoms with van der Waals surface area (Å²) in [6, 6.07) is 10.4. The third-order valence-corrected chi connectivity index (χ3v) is 6.16. The van der Waals surface area contributed by atoms with E-state index in [4.69, 9.17) is 0 Å². The van der Waals surface area contributed by atoms with Crippen LogP contribution in [0, 0.1) is 0 Å². The van der Waals surface area contributed by atoms with E-state index in [1.54, 1.807) is 18.2 Å². The summed E-state index contributed by atoms with van der Waals surface area (Å²) >= 11 is 0. The van der Waals surface area contributed by atoms with Crippen molar-refractivity contribution >= 4 is 27.6 Å². The molecule has 0 N–H and O–H groups in total. The van der Waals surface area contributed by atoms with E-state index in [0.29, 0.717) is 5.39 Å². The molecule has 0 bridgehead atoms. The van der Waals surface area contributed by atoms with Gasteiger partial charge in [0.05, 0.1) is 0 Å². The minimum atomic E-state index is -4.99. The average Bonchev–Trinajstić information content (AvgIpc) is 3.00. The normalized spacial score (nSPS) is 16.1. The summed E-state index contributed by atoms with van der Waals surface area (Å²) in [4.78, 5) is 12.2. The Bertz CT molecular complexity index is 706. The average molecular weight is 327 g/mol. The van der Waals surface area contributed by atoms with Crippen LogP contribution in [0.2, 0.25) is 0 Å². The predicted molar refractivity (Wildman–Crippen MR) is 80.2 cm³/mol. The number of carbonyl (C=O) groups excluding carboxylic acids is 1. The lowest BCUT2D eigenvalue weighted by atomic mass is 10.1. The molecule has 2 aromatic rings. The van der Waals surface area contributed by atoms with Crippen LogP contribution >= 0.6 is 0 Å². The summed E-state index contributed by atoms with van der Waals surface area (Å²) in [5.41, 5.74) is 0. The van der Waals surface area contributed by atoms with E-state index in [2.05, 4.69) is 4.74 Å². The Morgan fingerprint density at radius 1 is 1.00 bits per heavy atom. The predicted octanol–water partition coefficient (Wildman–Crippen LogP) is 4.08. The molecule has 0 aliphatic carbocycles. The fraction of sp³-hybridized carbons (Fsp3) is 0.312. The zero-order valence-electron chi connectivity index (χ0n) is 11.7. The molecule has 2 aromatic carbocycles. The first-order valence-corrected chi connectivity index (χ1v) is 8.51. The molecule has 22 heavy (non-hydrogen) atoms. The van der Waals surface area contributed by atoms with Crippen molar-refractivity contribution in [3.63, 3.8) is 0 Å². The number of benzene rings is 2. The first-order chi connectivity index (χ1) is 10.5. The van der Waals surface area contributed by atoms with Gasteiger partial charge < -0.3 is 4.74 Å². The smallest absolute Gasteiger partial charge is 0.419 e. The van der Waals surface area contributed by atoms with Gasteiger partial charge in [-0.15, -0.1) is 0 Å². The lowest BCUT2D eigenvalue weighted by molar-refractivity contribution is -0.189. The van der Waals surface area contributed by atoms with Gasteiger partial charge in [0.25, 0.3) is 0 Å². The van der Waals surface area contributed by atoms with E-state index in [-0.39, 0.29) is 16.6 Å². The largest absolute Gasteiger partial charge is 0.491 e. The molecule has 0 radical (unpaired) electrons. The highest BCUT2D eigenvalue weighted by Gasteiger charge is 2.41. The van der Waals surface area contributed by atoms with Crippen LogP contribution in [0.15, 0.2) is 41.3 Å². The van der Waals surface area contributed by atoms with Crippen LogP contribution in [0.5, 0.6) is 5.75 Å². The number of esters is 1. The number of fused-ring (bicyclic) bond motifs is 1. The van der Waals surface area contributed by atoms with Gasteiger partial charge in [0.2, 0.25) is 0 Å². The van der Waals surface area contributed by atoms with Crippen LogP contribution in [0.1, 0.15) is 12.8 Å². The molecule has 0 aromatic heterocycles. The van der Waals surface area contributed by atoms with Crippen LogP contribution in [-0.4, -0.2) is 23.7 Å². The summed E-state index contributed by atoms with van der Waals surface area (Å²) in [5, 5.41) is 1.43. The monoisotopic (exact) mass is 327 g/mol. The molecule has 1 heterocycles. The molecule has 0 atom stereocenters. The summed E-state index contributed by atoms with van der Waals surface area (Å²) in [6.07, 6.45) is -2.63. The Labute approximate surface area is 128 Å². The number of halogens is 3. The van der Waals surface area contributed by atoms with Crippen LogP contribution in [0.25, 0.3) is 10.8 Å². The van der Waals surface area contributed by atoms with Crippen LogP contribution in [-0.2, 0) is 15.7 Å². The quantitative estimate of drug-likeness (QED) is 0.472. The van der Waals surface area contributed by atoms with Crippen molar-refractivity contribution in [2.24, 2.45) is 0 Å². The van der Waals surface area contributed by atoms with E-state index in [9.17, 15) is 18.0 Å². The highest BCUT2D eigenvalue weighted by molar-refractivity contribution is 7.97. The van der Waals surface area contributed by atoms with E-state index in [1.165, 1.54) is 18.9 Å². The Morgan fingerprint density at radius 2 is 1.64 bits per heavy atom. The SMILES string of the molecule is O=C(Oc1ccc([S+]2CCCC2)c2ccccc12)C(F)(F)F. The Hall–Kier alpha value is -1.69. The second-order valence-corrected chi connectivity index (χ2v) is 7.34. The van der Waals surface area contributed by atoms with Gasteiger partial charge in [-0.2, -0.15) is 13.2 Å². The fourth-order valence-corrected chi connectivity index (χ4v) is 5.12. The molecule has 0 spiro atoms. The molecule has 1 fully saturated rings. The lowest BCUT2D eigenvalue weighted by Crippen LogP contribution is -2.28. The molecule has 6 heteroatoms. The summed E-state index contributed by atoms with van der Waals surface area (Å²) < 4.78 is 41.7. The van der Waals surface area contributed by atoms with Crippen LogP contribution in [0.3, 0.4) is 0 Å². The van der Waals surface area contributed by atoms with Gasteiger partial charge in [-0.1, -0.05) is 18.2 Å². The van der Waals surface area contributed by atoms with Crippen molar-refractivity contribution < 1.29 is 22.7 Å². The van der Waals surface area contributed by atoms with Crippen molar-refractivity contribution in [2.75, 3.05) is 11.5 Å². The molecular formula is C16H14F3O2S+. The Morgan fingerprint density at radius 3 is 2.27 bits per heavy atom. The minimum Gasteiger partial charge on any atom is -0.419 e. The maximum atomic E-state index is 12.4. The van der Waals surface area contributed by atoms with Crippen molar-refractivity contribution in [2.45, 2.75) is 23.9 Å². The molecular weight excluding hydrogens is 313 g/mol. The minimum absolute atomic E-state index is 0.0375. The van der Waals surface area contributed by atoms with Gasteiger partial charge in [-0.3, -0.25) is 0 Å².